The van der Waals surface area contributed by atoms with Crippen LogP contribution < -0.4 is 0 Å². The molecule has 5 aliphatic rings. The van der Waals surface area contributed by atoms with E-state index in [0.717, 1.165) is 44.9 Å². The molecule has 1 saturated heterocycles. The van der Waals surface area contributed by atoms with E-state index in [9.17, 15) is 14.7 Å². The van der Waals surface area contributed by atoms with Crippen molar-refractivity contribution in [2.75, 3.05) is 13.1 Å². The fraction of sp³-hybridized carbons (Fsp3) is 0.852. The third-order valence-electron chi connectivity index (χ3n) is 10.6. The van der Waals surface area contributed by atoms with Gasteiger partial charge in [0.05, 0.1) is 6.10 Å². The van der Waals surface area contributed by atoms with E-state index in [1.54, 1.807) is 4.90 Å². The standard InChI is InChI=1S/C27H41NO4/c1-17(32-25(31)24(30)28-14-4-5-15-28)21-8-9-22-20-7-6-18-16-19(29)10-12-26(18,2)23(20)11-13-27(21,22)3/h6,17,19-23,29H,4-5,7-16H2,1-3H3/t17-,19-,20-,21+,22-,23-,26-,27+/m0/s1. The summed E-state index contributed by atoms with van der Waals surface area (Å²) in [6.07, 6.45) is 12.8. The lowest BCUT2D eigenvalue weighted by atomic mass is 9.47. The molecule has 32 heavy (non-hydrogen) atoms. The van der Waals surface area contributed by atoms with Crippen LogP contribution in [0, 0.1) is 34.5 Å². The molecule has 0 bridgehead atoms. The number of fused-ring (bicyclic) bond motifs is 5. The number of amides is 1. The summed E-state index contributed by atoms with van der Waals surface area (Å²) in [7, 11) is 0. The highest BCUT2D eigenvalue weighted by atomic mass is 16.5. The molecule has 1 N–H and O–H groups in total. The topological polar surface area (TPSA) is 66.8 Å². The minimum absolute atomic E-state index is 0.158. The Bertz CT molecular complexity index is 801. The highest BCUT2D eigenvalue weighted by Gasteiger charge is 2.59. The lowest BCUT2D eigenvalue weighted by Gasteiger charge is -2.58. The monoisotopic (exact) mass is 443 g/mol. The van der Waals surface area contributed by atoms with Gasteiger partial charge in [-0.25, -0.2) is 4.79 Å². The first-order valence-electron chi connectivity index (χ1n) is 13.1. The van der Waals surface area contributed by atoms with Gasteiger partial charge in [-0.3, -0.25) is 4.79 Å². The van der Waals surface area contributed by atoms with Gasteiger partial charge in [0.2, 0.25) is 0 Å². The second-order valence-corrected chi connectivity index (χ2v) is 12.0. The normalized spacial score (nSPS) is 44.2. The fourth-order valence-corrected chi connectivity index (χ4v) is 8.80. The van der Waals surface area contributed by atoms with Crippen LogP contribution in [0.15, 0.2) is 11.6 Å². The number of rotatable bonds is 2. The van der Waals surface area contributed by atoms with Crippen molar-refractivity contribution in [1.82, 2.24) is 4.90 Å². The number of hydrogen-bond acceptors (Lipinski definition) is 4. The van der Waals surface area contributed by atoms with Gasteiger partial charge in [-0.1, -0.05) is 25.5 Å². The predicted molar refractivity (Wildman–Crippen MR) is 123 cm³/mol. The Hall–Kier alpha value is -1.36. The lowest BCUT2D eigenvalue weighted by molar-refractivity contribution is -0.167. The quantitative estimate of drug-likeness (QED) is 0.388. The smallest absolute Gasteiger partial charge is 0.397 e. The number of esters is 1. The van der Waals surface area contributed by atoms with Gasteiger partial charge in [0.1, 0.15) is 6.10 Å². The molecular weight excluding hydrogens is 402 g/mol. The summed E-state index contributed by atoms with van der Waals surface area (Å²) < 4.78 is 5.81. The van der Waals surface area contributed by atoms with E-state index in [1.165, 1.54) is 24.8 Å². The van der Waals surface area contributed by atoms with Crippen LogP contribution in [0.1, 0.15) is 85.0 Å². The number of hydrogen-bond donors (Lipinski definition) is 1. The van der Waals surface area contributed by atoms with Gasteiger partial charge >= 0.3 is 11.9 Å². The molecule has 8 atom stereocenters. The van der Waals surface area contributed by atoms with E-state index >= 15 is 0 Å². The second-order valence-electron chi connectivity index (χ2n) is 12.0. The highest BCUT2D eigenvalue weighted by Crippen LogP contribution is 2.66. The summed E-state index contributed by atoms with van der Waals surface area (Å²) in [4.78, 5) is 26.7. The van der Waals surface area contributed by atoms with Crippen molar-refractivity contribution in [2.24, 2.45) is 34.5 Å². The van der Waals surface area contributed by atoms with Crippen LogP contribution in [0.4, 0.5) is 0 Å². The van der Waals surface area contributed by atoms with Crippen molar-refractivity contribution in [3.05, 3.63) is 11.6 Å². The van der Waals surface area contributed by atoms with Gasteiger partial charge < -0.3 is 14.7 Å². The van der Waals surface area contributed by atoms with Gasteiger partial charge in [-0.15, -0.1) is 0 Å². The Morgan fingerprint density at radius 2 is 1.84 bits per heavy atom. The third-order valence-corrected chi connectivity index (χ3v) is 10.6. The summed E-state index contributed by atoms with van der Waals surface area (Å²) >= 11 is 0. The molecule has 178 valence electrons. The van der Waals surface area contributed by atoms with Crippen molar-refractivity contribution >= 4 is 11.9 Å². The van der Waals surface area contributed by atoms with E-state index in [-0.39, 0.29) is 23.0 Å². The minimum atomic E-state index is -0.654. The minimum Gasteiger partial charge on any atom is -0.455 e. The number of aliphatic hydroxyl groups excluding tert-OH is 1. The van der Waals surface area contributed by atoms with E-state index in [0.29, 0.717) is 36.8 Å². The molecule has 1 amide bonds. The molecule has 1 aliphatic heterocycles. The van der Waals surface area contributed by atoms with Crippen LogP contribution in [0.25, 0.3) is 0 Å². The molecule has 0 aromatic heterocycles. The van der Waals surface area contributed by atoms with Crippen LogP contribution in [0.5, 0.6) is 0 Å². The number of likely N-dealkylation sites (tertiary alicyclic amines) is 1. The molecular formula is C27H41NO4. The van der Waals surface area contributed by atoms with Crippen molar-refractivity contribution < 1.29 is 19.4 Å². The first kappa shape index (κ1) is 22.4. The Balaban J connectivity index is 1.29. The molecule has 5 nitrogen and oxygen atoms in total. The average molecular weight is 444 g/mol. The van der Waals surface area contributed by atoms with Gasteiger partial charge in [0.25, 0.3) is 0 Å². The Kier molecular flexibility index (Phi) is 5.71. The summed E-state index contributed by atoms with van der Waals surface area (Å²) in [5.41, 5.74) is 1.94. The zero-order valence-electron chi connectivity index (χ0n) is 20.1. The molecule has 4 aliphatic carbocycles. The van der Waals surface area contributed by atoms with Gasteiger partial charge in [-0.2, -0.15) is 0 Å². The number of ether oxygens (including phenoxy) is 1. The van der Waals surface area contributed by atoms with Crippen molar-refractivity contribution in [1.29, 1.82) is 0 Å². The largest absolute Gasteiger partial charge is 0.455 e. The summed E-state index contributed by atoms with van der Waals surface area (Å²) in [5, 5.41) is 10.2. The molecule has 5 rings (SSSR count). The van der Waals surface area contributed by atoms with Crippen molar-refractivity contribution in [3.63, 3.8) is 0 Å². The number of nitrogens with zero attached hydrogens (tertiary/aromatic N) is 1. The summed E-state index contributed by atoms with van der Waals surface area (Å²) in [5.74, 6) is 1.28. The number of carbonyl (C=O) groups excluding carboxylic acids is 2. The second kappa shape index (κ2) is 8.14. The van der Waals surface area contributed by atoms with Crippen molar-refractivity contribution in [2.45, 2.75) is 97.2 Å². The number of aliphatic hydroxyl groups is 1. The zero-order chi connectivity index (χ0) is 22.7. The predicted octanol–water partition coefficient (Wildman–Crippen LogP) is 4.48. The molecule has 0 aromatic rings. The lowest BCUT2D eigenvalue weighted by Crippen LogP contribution is -2.51. The van der Waals surface area contributed by atoms with Gasteiger partial charge in [0.15, 0.2) is 0 Å². The molecule has 0 aromatic carbocycles. The van der Waals surface area contributed by atoms with Crippen molar-refractivity contribution in [3.8, 4) is 0 Å². The summed E-state index contributed by atoms with van der Waals surface area (Å²) in [6, 6.07) is 0. The first-order valence-corrected chi connectivity index (χ1v) is 13.1. The van der Waals surface area contributed by atoms with Crippen LogP contribution in [0.2, 0.25) is 0 Å². The Morgan fingerprint density at radius 1 is 1.09 bits per heavy atom. The maximum absolute atomic E-state index is 12.6. The molecule has 0 spiro atoms. The third kappa shape index (κ3) is 3.45. The first-order chi connectivity index (χ1) is 15.2. The van der Waals surface area contributed by atoms with E-state index < -0.39 is 11.9 Å². The molecule has 0 radical (unpaired) electrons. The number of carbonyl (C=O) groups is 2. The van der Waals surface area contributed by atoms with E-state index in [2.05, 4.69) is 19.9 Å². The number of allylic oxidation sites excluding steroid dienone is 1. The van der Waals surface area contributed by atoms with Crippen LogP contribution >= 0.6 is 0 Å². The average Bonchev–Trinajstić information content (AvgIpc) is 3.41. The van der Waals surface area contributed by atoms with Crippen LogP contribution in [-0.2, 0) is 14.3 Å². The highest BCUT2D eigenvalue weighted by molar-refractivity contribution is 6.32. The fourth-order valence-electron chi connectivity index (χ4n) is 8.80. The van der Waals surface area contributed by atoms with Gasteiger partial charge in [0, 0.05) is 19.0 Å². The maximum atomic E-state index is 12.6. The molecule has 5 heteroatoms. The Morgan fingerprint density at radius 3 is 2.59 bits per heavy atom. The SMILES string of the molecule is C[C@H](OC(=O)C(=O)N1CCCC1)[C@H]1CC[C@H]2[C@@H]3CC=C4C[C@@H](O)CC[C@]4(C)[C@H]3CC[C@]12C. The van der Waals surface area contributed by atoms with E-state index in [4.69, 9.17) is 4.74 Å². The van der Waals surface area contributed by atoms with Crippen LogP contribution in [0.3, 0.4) is 0 Å². The molecule has 3 saturated carbocycles. The summed E-state index contributed by atoms with van der Waals surface area (Å²) in [6.45, 7) is 8.28. The van der Waals surface area contributed by atoms with Crippen LogP contribution in [-0.4, -0.2) is 47.2 Å². The zero-order valence-corrected chi connectivity index (χ0v) is 20.1. The van der Waals surface area contributed by atoms with Gasteiger partial charge in [-0.05, 0) is 99.7 Å². The molecule has 4 fully saturated rings. The van der Waals surface area contributed by atoms with E-state index in [1.807, 2.05) is 6.92 Å². The molecule has 1 heterocycles. The Labute approximate surface area is 192 Å². The molecule has 0 unspecified atom stereocenters. The maximum Gasteiger partial charge on any atom is 0.397 e.